The molecule has 0 aromatic heterocycles. The lowest BCUT2D eigenvalue weighted by atomic mass is 10.1. The molecule has 0 unspecified atom stereocenters. The number of hydrogen-bond donors (Lipinski definition) is 2. The quantitative estimate of drug-likeness (QED) is 0.770. The van der Waals surface area contributed by atoms with E-state index in [9.17, 15) is 4.79 Å². The fourth-order valence-corrected chi connectivity index (χ4v) is 1.41. The van der Waals surface area contributed by atoms with E-state index < -0.39 is 0 Å². The first-order chi connectivity index (χ1) is 7.99. The number of ether oxygens (including phenoxy) is 1. The van der Waals surface area contributed by atoms with Crippen LogP contribution in [-0.2, 0) is 4.79 Å². The maximum absolute atomic E-state index is 11.3. The molecule has 1 amide bonds. The number of nitrogens with one attached hydrogen (secondary N) is 1. The molecular formula is C12H16N2O2S. The van der Waals surface area contributed by atoms with Crippen LogP contribution in [0.4, 0.5) is 0 Å². The lowest BCUT2D eigenvalue weighted by Gasteiger charge is -2.09. The Labute approximate surface area is 106 Å². The lowest BCUT2D eigenvalue weighted by Crippen LogP contribution is -2.35. The molecule has 5 heteroatoms. The summed E-state index contributed by atoms with van der Waals surface area (Å²) in [6.07, 6.45) is 0. The van der Waals surface area contributed by atoms with Crippen molar-refractivity contribution in [1.29, 1.82) is 0 Å². The number of carbonyl (C=O) groups is 1. The Kier molecular flexibility index (Phi) is 4.90. The Hall–Kier alpha value is -1.62. The van der Waals surface area contributed by atoms with Gasteiger partial charge in [-0.15, -0.1) is 0 Å². The van der Waals surface area contributed by atoms with Gasteiger partial charge >= 0.3 is 0 Å². The van der Waals surface area contributed by atoms with Gasteiger partial charge in [-0.3, -0.25) is 4.79 Å². The van der Waals surface area contributed by atoms with E-state index in [1.807, 2.05) is 32.0 Å². The second-order valence-electron chi connectivity index (χ2n) is 3.80. The molecule has 0 aliphatic carbocycles. The van der Waals surface area contributed by atoms with Crippen molar-refractivity contribution in [3.8, 4) is 5.75 Å². The molecule has 92 valence electrons. The van der Waals surface area contributed by atoms with Crippen molar-refractivity contribution in [3.05, 3.63) is 29.3 Å². The molecule has 0 saturated carbocycles. The van der Waals surface area contributed by atoms with E-state index in [-0.39, 0.29) is 24.0 Å². The number of thiocarbonyl (C=S) groups is 1. The topological polar surface area (TPSA) is 64.3 Å². The largest absolute Gasteiger partial charge is 0.484 e. The molecule has 1 aromatic carbocycles. The zero-order valence-electron chi connectivity index (χ0n) is 9.95. The highest BCUT2D eigenvalue weighted by atomic mass is 32.1. The van der Waals surface area contributed by atoms with Crippen molar-refractivity contribution in [2.75, 3.05) is 13.2 Å². The molecule has 0 aliphatic rings. The normalized spacial score (nSPS) is 9.76. The van der Waals surface area contributed by atoms with Crippen molar-refractivity contribution < 1.29 is 9.53 Å². The highest BCUT2D eigenvalue weighted by molar-refractivity contribution is 7.80. The molecule has 1 rings (SSSR count). The fraction of sp³-hybridized carbons (Fsp3) is 0.333. The van der Waals surface area contributed by atoms with Crippen LogP contribution < -0.4 is 15.8 Å². The number of amides is 1. The van der Waals surface area contributed by atoms with E-state index >= 15 is 0 Å². The zero-order chi connectivity index (χ0) is 12.8. The van der Waals surface area contributed by atoms with Crippen LogP contribution in [0.3, 0.4) is 0 Å². The third-order valence-corrected chi connectivity index (χ3v) is 2.29. The summed E-state index contributed by atoms with van der Waals surface area (Å²) in [4.78, 5) is 11.6. The molecule has 1 aromatic rings. The Balaban J connectivity index is 2.44. The first-order valence-electron chi connectivity index (χ1n) is 5.24. The zero-order valence-corrected chi connectivity index (χ0v) is 10.8. The van der Waals surface area contributed by atoms with E-state index in [1.54, 1.807) is 0 Å². The molecule has 0 bridgehead atoms. The van der Waals surface area contributed by atoms with E-state index in [0.717, 1.165) is 11.1 Å². The third kappa shape index (κ3) is 4.82. The number of aryl methyl sites for hydroxylation is 2. The molecule has 0 heterocycles. The van der Waals surface area contributed by atoms with Crippen molar-refractivity contribution in [1.82, 2.24) is 5.32 Å². The summed E-state index contributed by atoms with van der Waals surface area (Å²) in [7, 11) is 0. The summed E-state index contributed by atoms with van der Waals surface area (Å²) in [5.74, 6) is 0.471. The molecule has 0 saturated heterocycles. The number of nitrogens with two attached hydrogens (primary N) is 1. The maximum atomic E-state index is 11.3. The number of benzene rings is 1. The van der Waals surface area contributed by atoms with Crippen molar-refractivity contribution >= 4 is 23.1 Å². The van der Waals surface area contributed by atoms with Crippen LogP contribution in [0, 0.1) is 13.8 Å². The van der Waals surface area contributed by atoms with Gasteiger partial charge in [0.2, 0.25) is 0 Å². The van der Waals surface area contributed by atoms with Gasteiger partial charge in [0.1, 0.15) is 5.75 Å². The van der Waals surface area contributed by atoms with Gasteiger partial charge < -0.3 is 15.8 Å². The summed E-state index contributed by atoms with van der Waals surface area (Å²) < 4.78 is 5.39. The fourth-order valence-electron chi connectivity index (χ4n) is 1.34. The molecule has 4 nitrogen and oxygen atoms in total. The third-order valence-electron chi connectivity index (χ3n) is 2.15. The Morgan fingerprint density at radius 3 is 2.76 bits per heavy atom. The van der Waals surface area contributed by atoms with Crippen LogP contribution in [0.15, 0.2) is 18.2 Å². The average Bonchev–Trinajstić information content (AvgIpc) is 2.25. The van der Waals surface area contributed by atoms with Gasteiger partial charge in [-0.25, -0.2) is 0 Å². The van der Waals surface area contributed by atoms with Gasteiger partial charge in [0.15, 0.2) is 6.61 Å². The first kappa shape index (κ1) is 13.4. The number of carbonyl (C=O) groups excluding carboxylic acids is 1. The lowest BCUT2D eigenvalue weighted by molar-refractivity contribution is -0.122. The minimum atomic E-state index is -0.238. The monoisotopic (exact) mass is 252 g/mol. The minimum absolute atomic E-state index is 0.0352. The van der Waals surface area contributed by atoms with Crippen molar-refractivity contribution in [2.45, 2.75) is 13.8 Å². The van der Waals surface area contributed by atoms with Crippen LogP contribution in [0.25, 0.3) is 0 Å². The summed E-state index contributed by atoms with van der Waals surface area (Å²) >= 11 is 4.65. The highest BCUT2D eigenvalue weighted by Crippen LogP contribution is 2.18. The molecule has 0 aliphatic heterocycles. The standard InChI is InChI=1S/C12H16N2O2S/c1-8-3-4-10(9(2)5-8)16-7-12(15)14-6-11(13)17/h3-5H,6-7H2,1-2H3,(H2,13,17)(H,14,15). The molecule has 0 spiro atoms. The Morgan fingerprint density at radius 1 is 1.47 bits per heavy atom. The Morgan fingerprint density at radius 2 is 2.18 bits per heavy atom. The van der Waals surface area contributed by atoms with Gasteiger partial charge in [0.05, 0.1) is 11.5 Å². The number of rotatable bonds is 5. The summed E-state index contributed by atoms with van der Waals surface area (Å²) in [6.45, 7) is 4.11. The predicted octanol–water partition coefficient (Wildman–Crippen LogP) is 1.08. The second-order valence-corrected chi connectivity index (χ2v) is 4.33. The molecular weight excluding hydrogens is 236 g/mol. The van der Waals surface area contributed by atoms with Crippen LogP contribution in [0.2, 0.25) is 0 Å². The highest BCUT2D eigenvalue weighted by Gasteiger charge is 2.04. The van der Waals surface area contributed by atoms with Gasteiger partial charge in [0.25, 0.3) is 5.91 Å². The van der Waals surface area contributed by atoms with E-state index in [4.69, 9.17) is 10.5 Å². The molecule has 17 heavy (non-hydrogen) atoms. The molecule has 0 atom stereocenters. The number of hydrogen-bond acceptors (Lipinski definition) is 3. The van der Waals surface area contributed by atoms with E-state index in [2.05, 4.69) is 17.5 Å². The maximum Gasteiger partial charge on any atom is 0.258 e. The molecule has 3 N–H and O–H groups in total. The minimum Gasteiger partial charge on any atom is -0.484 e. The average molecular weight is 252 g/mol. The van der Waals surface area contributed by atoms with Crippen molar-refractivity contribution in [2.24, 2.45) is 5.73 Å². The molecule has 0 radical (unpaired) electrons. The van der Waals surface area contributed by atoms with Crippen LogP contribution in [0.1, 0.15) is 11.1 Å². The smallest absolute Gasteiger partial charge is 0.258 e. The summed E-state index contributed by atoms with van der Waals surface area (Å²) in [5, 5.41) is 2.55. The van der Waals surface area contributed by atoms with Gasteiger partial charge in [-0.2, -0.15) is 0 Å². The van der Waals surface area contributed by atoms with Crippen molar-refractivity contribution in [3.63, 3.8) is 0 Å². The van der Waals surface area contributed by atoms with Crippen LogP contribution in [-0.4, -0.2) is 24.0 Å². The molecule has 0 fully saturated rings. The van der Waals surface area contributed by atoms with Gasteiger partial charge in [-0.1, -0.05) is 29.9 Å². The van der Waals surface area contributed by atoms with Gasteiger partial charge in [0, 0.05) is 0 Å². The SMILES string of the molecule is Cc1ccc(OCC(=O)NCC(N)=S)c(C)c1. The van der Waals surface area contributed by atoms with E-state index in [0.29, 0.717) is 5.75 Å². The van der Waals surface area contributed by atoms with E-state index in [1.165, 1.54) is 0 Å². The van der Waals surface area contributed by atoms with Gasteiger partial charge in [-0.05, 0) is 25.5 Å². The summed E-state index contributed by atoms with van der Waals surface area (Å²) in [6, 6.07) is 5.79. The first-order valence-corrected chi connectivity index (χ1v) is 5.65. The second kappa shape index (κ2) is 6.20. The van der Waals surface area contributed by atoms with Crippen LogP contribution in [0.5, 0.6) is 5.75 Å². The Bertz CT molecular complexity index is 433. The summed E-state index contributed by atoms with van der Waals surface area (Å²) in [5.41, 5.74) is 7.43. The van der Waals surface area contributed by atoms with Crippen LogP contribution >= 0.6 is 12.2 Å². The predicted molar refractivity (Wildman–Crippen MR) is 71.2 cm³/mol.